The third kappa shape index (κ3) is 5.99. The minimum absolute atomic E-state index is 0.00601. The summed E-state index contributed by atoms with van der Waals surface area (Å²) in [5.74, 6) is 0.494. The van der Waals surface area contributed by atoms with Crippen molar-refractivity contribution in [2.24, 2.45) is 0 Å². The number of likely N-dealkylation sites (tertiary alicyclic amines) is 1. The van der Waals surface area contributed by atoms with Gasteiger partial charge in [-0.2, -0.15) is 10.2 Å². The van der Waals surface area contributed by atoms with Gasteiger partial charge < -0.3 is 24.5 Å². The fourth-order valence-electron chi connectivity index (χ4n) is 5.23. The number of anilines is 1. The largest absolute Gasteiger partial charge is 0.478 e. The summed E-state index contributed by atoms with van der Waals surface area (Å²) in [6, 6.07) is 16.9. The van der Waals surface area contributed by atoms with E-state index >= 15 is 0 Å². The van der Waals surface area contributed by atoms with E-state index in [0.29, 0.717) is 30.4 Å². The van der Waals surface area contributed by atoms with Crippen LogP contribution >= 0.6 is 0 Å². The van der Waals surface area contributed by atoms with Gasteiger partial charge in [-0.15, -0.1) is 0 Å². The summed E-state index contributed by atoms with van der Waals surface area (Å²) in [7, 11) is 0. The molecule has 2 aliphatic rings. The van der Waals surface area contributed by atoms with Gasteiger partial charge in [-0.1, -0.05) is 12.1 Å². The molecule has 0 saturated carbocycles. The van der Waals surface area contributed by atoms with Gasteiger partial charge in [0, 0.05) is 37.4 Å². The Balaban J connectivity index is 1.09. The van der Waals surface area contributed by atoms with Gasteiger partial charge in [0.2, 0.25) is 5.88 Å². The number of ether oxygens (including phenoxy) is 2. The van der Waals surface area contributed by atoms with E-state index < -0.39 is 11.8 Å². The van der Waals surface area contributed by atoms with Gasteiger partial charge in [0.05, 0.1) is 47.4 Å². The van der Waals surface area contributed by atoms with E-state index in [9.17, 15) is 14.3 Å². The smallest absolute Gasteiger partial charge is 0.335 e. The van der Waals surface area contributed by atoms with E-state index in [1.54, 1.807) is 36.4 Å². The van der Waals surface area contributed by atoms with Crippen molar-refractivity contribution in [3.8, 4) is 11.9 Å². The highest BCUT2D eigenvalue weighted by atomic mass is 19.1. The van der Waals surface area contributed by atoms with E-state index in [2.05, 4.69) is 19.8 Å². The molecular weight excluding hydrogens is 527 g/mol. The molecule has 2 fully saturated rings. The molecule has 6 rings (SSSR count). The second-order valence-corrected chi connectivity index (χ2v) is 10.4. The monoisotopic (exact) mass is 556 g/mol. The lowest BCUT2D eigenvalue weighted by molar-refractivity contribution is -0.0591. The van der Waals surface area contributed by atoms with Crippen molar-refractivity contribution < 1.29 is 23.8 Å². The van der Waals surface area contributed by atoms with E-state index in [1.807, 2.05) is 18.2 Å². The summed E-state index contributed by atoms with van der Waals surface area (Å²) in [4.78, 5) is 23.3. The highest BCUT2D eigenvalue weighted by Crippen LogP contribution is 2.25. The predicted molar refractivity (Wildman–Crippen MR) is 148 cm³/mol. The van der Waals surface area contributed by atoms with Crippen molar-refractivity contribution in [3.63, 3.8) is 0 Å². The number of carboxylic acids is 1. The second kappa shape index (κ2) is 11.5. The first kappa shape index (κ1) is 26.7. The van der Waals surface area contributed by atoms with Crippen LogP contribution in [0.1, 0.15) is 40.2 Å². The summed E-state index contributed by atoms with van der Waals surface area (Å²) in [6.07, 6.45) is 2.01. The molecule has 2 unspecified atom stereocenters. The highest BCUT2D eigenvalue weighted by molar-refractivity contribution is 5.92. The highest BCUT2D eigenvalue weighted by Gasteiger charge is 2.27. The number of aromatic nitrogens is 3. The number of nitrogens with one attached hydrogen (secondary N) is 1. The number of imidazole rings is 1. The number of halogens is 1. The van der Waals surface area contributed by atoms with E-state index in [1.165, 1.54) is 6.07 Å². The molecule has 10 nitrogen and oxygen atoms in total. The third-order valence-corrected chi connectivity index (χ3v) is 7.52. The summed E-state index contributed by atoms with van der Waals surface area (Å²) in [5, 5.41) is 21.9. The molecule has 2 aromatic carbocycles. The molecule has 0 amide bonds. The van der Waals surface area contributed by atoms with Crippen molar-refractivity contribution in [2.75, 3.05) is 25.0 Å². The van der Waals surface area contributed by atoms with Crippen LogP contribution in [0.5, 0.6) is 5.88 Å². The van der Waals surface area contributed by atoms with Crippen molar-refractivity contribution in [1.82, 2.24) is 19.4 Å². The van der Waals surface area contributed by atoms with Crippen LogP contribution in [0.2, 0.25) is 0 Å². The number of carbonyl (C=O) groups is 1. The molecule has 2 saturated heterocycles. The molecule has 0 radical (unpaired) electrons. The molecule has 2 N–H and O–H groups in total. The molecular formula is C30H29FN6O4. The van der Waals surface area contributed by atoms with Crippen LogP contribution in [0, 0.1) is 17.1 Å². The molecule has 11 heteroatoms. The molecule has 2 aliphatic heterocycles. The first-order valence-corrected chi connectivity index (χ1v) is 13.6. The summed E-state index contributed by atoms with van der Waals surface area (Å²) >= 11 is 0. The van der Waals surface area contributed by atoms with Crippen molar-refractivity contribution in [1.29, 1.82) is 5.26 Å². The van der Waals surface area contributed by atoms with Gasteiger partial charge >= 0.3 is 5.97 Å². The fourth-order valence-corrected chi connectivity index (χ4v) is 5.23. The van der Waals surface area contributed by atoms with Crippen molar-refractivity contribution in [2.45, 2.75) is 44.7 Å². The summed E-state index contributed by atoms with van der Waals surface area (Å²) in [5.41, 5.74) is 2.44. The average Bonchev–Trinajstić information content (AvgIpc) is 3.53. The zero-order valence-corrected chi connectivity index (χ0v) is 22.3. The molecule has 4 aromatic rings. The van der Waals surface area contributed by atoms with E-state index in [4.69, 9.17) is 19.7 Å². The number of hydrogen-bond acceptors (Lipinski definition) is 8. The predicted octanol–water partition coefficient (Wildman–Crippen LogP) is 4.19. The molecule has 41 heavy (non-hydrogen) atoms. The SMILES string of the molecule is N#Cc1ccc(COc2cccc(NC3CCN(Cc4nc5ccc(C(=O)O)cc5n4CC4CCO4)C3)n2)c(F)c1. The Morgan fingerprint density at radius 1 is 1.20 bits per heavy atom. The number of rotatable bonds is 10. The van der Waals surface area contributed by atoms with Gasteiger partial charge in [-0.3, -0.25) is 4.90 Å². The lowest BCUT2D eigenvalue weighted by atomic mass is 10.1. The molecule has 2 atom stereocenters. The number of nitriles is 1. The number of fused-ring (bicyclic) bond motifs is 1. The number of aromatic carboxylic acids is 1. The van der Waals surface area contributed by atoms with Gasteiger partial charge in [0.1, 0.15) is 24.1 Å². The molecule has 4 heterocycles. The lowest BCUT2D eigenvalue weighted by Gasteiger charge is -2.28. The number of benzene rings is 2. The summed E-state index contributed by atoms with van der Waals surface area (Å²) in [6.45, 7) is 3.69. The molecule has 0 spiro atoms. The van der Waals surface area contributed by atoms with Crippen molar-refractivity contribution in [3.05, 3.63) is 82.9 Å². The van der Waals surface area contributed by atoms with Gasteiger partial charge in [0.15, 0.2) is 0 Å². The lowest BCUT2D eigenvalue weighted by Crippen LogP contribution is -2.33. The normalized spacial score (nSPS) is 18.6. The first-order valence-electron chi connectivity index (χ1n) is 13.6. The van der Waals surface area contributed by atoms with Crippen LogP contribution in [0.4, 0.5) is 10.2 Å². The Kier molecular flexibility index (Phi) is 7.50. The third-order valence-electron chi connectivity index (χ3n) is 7.52. The van der Waals surface area contributed by atoms with Gasteiger partial charge in [0.25, 0.3) is 0 Å². The molecule has 2 aromatic heterocycles. The maximum absolute atomic E-state index is 14.2. The number of hydrogen-bond donors (Lipinski definition) is 2. The Morgan fingerprint density at radius 3 is 2.83 bits per heavy atom. The van der Waals surface area contributed by atoms with Crippen LogP contribution in [-0.4, -0.2) is 62.4 Å². The Morgan fingerprint density at radius 2 is 2.07 bits per heavy atom. The molecule has 0 aliphatic carbocycles. The number of carboxylic acid groups (broad SMARTS) is 1. The Labute approximate surface area is 236 Å². The zero-order chi connectivity index (χ0) is 28.3. The molecule has 0 bridgehead atoms. The topological polar surface area (TPSA) is 126 Å². The van der Waals surface area contributed by atoms with Crippen LogP contribution in [0.15, 0.2) is 54.6 Å². The Bertz CT molecular complexity index is 1630. The minimum atomic E-state index is -0.959. The van der Waals surface area contributed by atoms with Crippen LogP contribution in [0.25, 0.3) is 11.0 Å². The zero-order valence-electron chi connectivity index (χ0n) is 22.3. The fraction of sp³-hybridized carbons (Fsp3) is 0.333. The minimum Gasteiger partial charge on any atom is -0.478 e. The van der Waals surface area contributed by atoms with Crippen molar-refractivity contribution >= 4 is 22.8 Å². The number of nitrogens with zero attached hydrogens (tertiary/aromatic N) is 5. The standard InChI is InChI=1S/C30H29FN6O4/c31-24-12-19(14-32)4-5-21(24)18-41-29-3-1-2-27(35-29)33-22-8-10-36(15-22)17-28-34-25-7-6-20(30(38)39)13-26(25)37(28)16-23-9-11-40-23/h1-7,12-13,22-23H,8-11,15-18H2,(H,33,35)(H,38,39). The maximum Gasteiger partial charge on any atom is 0.335 e. The Hall–Kier alpha value is -4.53. The van der Waals surface area contributed by atoms with Gasteiger partial charge in [-0.25, -0.2) is 14.2 Å². The van der Waals surface area contributed by atoms with Gasteiger partial charge in [-0.05, 0) is 49.2 Å². The average molecular weight is 557 g/mol. The van der Waals surface area contributed by atoms with E-state index in [-0.39, 0.29) is 29.9 Å². The second-order valence-electron chi connectivity index (χ2n) is 10.4. The van der Waals surface area contributed by atoms with Crippen LogP contribution in [0.3, 0.4) is 0 Å². The summed E-state index contributed by atoms with van der Waals surface area (Å²) < 4.78 is 27.7. The maximum atomic E-state index is 14.2. The first-order chi connectivity index (χ1) is 19.9. The molecule has 210 valence electrons. The number of pyridine rings is 1. The van der Waals surface area contributed by atoms with Crippen LogP contribution < -0.4 is 10.1 Å². The van der Waals surface area contributed by atoms with E-state index in [0.717, 1.165) is 49.4 Å². The van der Waals surface area contributed by atoms with Crippen LogP contribution in [-0.2, 0) is 24.4 Å². The quantitative estimate of drug-likeness (QED) is 0.296.